The number of anilines is 1. The van der Waals surface area contributed by atoms with Crippen molar-refractivity contribution in [2.24, 2.45) is 0 Å². The van der Waals surface area contributed by atoms with Gasteiger partial charge in [0.25, 0.3) is 5.69 Å². The van der Waals surface area contributed by atoms with Crippen molar-refractivity contribution in [1.29, 1.82) is 0 Å². The summed E-state index contributed by atoms with van der Waals surface area (Å²) in [4.78, 5) is 22.7. The van der Waals surface area contributed by atoms with Gasteiger partial charge in [0, 0.05) is 31.9 Å². The number of amides is 1. The second-order valence-corrected chi connectivity index (χ2v) is 3.45. The number of nitrogens with one attached hydrogen (secondary N) is 1. The second kappa shape index (κ2) is 5.11. The lowest BCUT2D eigenvalue weighted by Crippen LogP contribution is -2.28. The Balaban J connectivity index is 2.64. The summed E-state index contributed by atoms with van der Waals surface area (Å²) in [5, 5.41) is 13.3. The first-order chi connectivity index (χ1) is 7.50. The van der Waals surface area contributed by atoms with E-state index in [9.17, 15) is 14.9 Å². The van der Waals surface area contributed by atoms with Gasteiger partial charge in [0.1, 0.15) is 0 Å². The quantitative estimate of drug-likeness (QED) is 0.612. The minimum Gasteiger partial charge on any atom is -0.376 e. The molecule has 6 nitrogen and oxygen atoms in total. The predicted molar refractivity (Wildman–Crippen MR) is 60.3 cm³/mol. The third-order valence-electron chi connectivity index (χ3n) is 2.00. The van der Waals surface area contributed by atoms with Gasteiger partial charge in [-0.25, -0.2) is 0 Å². The molecule has 0 aliphatic carbocycles. The van der Waals surface area contributed by atoms with Gasteiger partial charge in [-0.1, -0.05) is 6.07 Å². The van der Waals surface area contributed by atoms with E-state index < -0.39 is 4.92 Å². The number of benzene rings is 1. The Morgan fingerprint density at radius 3 is 2.75 bits per heavy atom. The van der Waals surface area contributed by atoms with Crippen LogP contribution < -0.4 is 5.32 Å². The van der Waals surface area contributed by atoms with Gasteiger partial charge in [-0.05, 0) is 6.07 Å². The van der Waals surface area contributed by atoms with Gasteiger partial charge < -0.3 is 10.2 Å². The van der Waals surface area contributed by atoms with Gasteiger partial charge in [-0.3, -0.25) is 14.9 Å². The SMILES string of the molecule is CN(C)C(=O)CNc1cccc([N+](=O)[O-])c1. The number of non-ortho nitro benzene ring substituents is 1. The number of hydrogen-bond acceptors (Lipinski definition) is 4. The Hall–Kier alpha value is -2.11. The molecule has 0 aliphatic heterocycles. The highest BCUT2D eigenvalue weighted by Gasteiger charge is 2.07. The van der Waals surface area contributed by atoms with E-state index in [1.165, 1.54) is 17.0 Å². The highest BCUT2D eigenvalue weighted by atomic mass is 16.6. The molecular formula is C10H13N3O3. The zero-order valence-electron chi connectivity index (χ0n) is 9.14. The molecule has 0 fully saturated rings. The van der Waals surface area contributed by atoms with E-state index in [0.29, 0.717) is 5.69 Å². The van der Waals surface area contributed by atoms with E-state index in [-0.39, 0.29) is 18.1 Å². The number of rotatable bonds is 4. The molecule has 0 heterocycles. The molecule has 0 bridgehead atoms. The van der Waals surface area contributed by atoms with E-state index in [2.05, 4.69) is 5.32 Å². The Labute approximate surface area is 93.0 Å². The normalized spacial score (nSPS) is 9.62. The molecular weight excluding hydrogens is 210 g/mol. The van der Waals surface area contributed by atoms with Crippen molar-refractivity contribution in [2.75, 3.05) is 26.0 Å². The van der Waals surface area contributed by atoms with E-state index in [1.807, 2.05) is 0 Å². The Bertz CT molecular complexity index is 404. The van der Waals surface area contributed by atoms with E-state index in [0.717, 1.165) is 0 Å². The third kappa shape index (κ3) is 3.23. The average molecular weight is 223 g/mol. The fraction of sp³-hybridized carbons (Fsp3) is 0.300. The van der Waals surface area contributed by atoms with Crippen molar-refractivity contribution in [1.82, 2.24) is 4.90 Å². The van der Waals surface area contributed by atoms with Crippen LogP contribution >= 0.6 is 0 Å². The van der Waals surface area contributed by atoms with Crippen LogP contribution in [0.4, 0.5) is 11.4 Å². The van der Waals surface area contributed by atoms with Crippen molar-refractivity contribution in [3.8, 4) is 0 Å². The highest BCUT2D eigenvalue weighted by Crippen LogP contribution is 2.16. The first-order valence-corrected chi connectivity index (χ1v) is 4.69. The van der Waals surface area contributed by atoms with Crippen LogP contribution in [0, 0.1) is 10.1 Å². The number of likely N-dealkylation sites (N-methyl/N-ethyl adjacent to an activating group) is 1. The molecule has 0 saturated heterocycles. The average Bonchev–Trinajstić information content (AvgIpc) is 2.26. The highest BCUT2D eigenvalue weighted by molar-refractivity contribution is 5.80. The van der Waals surface area contributed by atoms with Crippen LogP contribution in [0.15, 0.2) is 24.3 Å². The van der Waals surface area contributed by atoms with Gasteiger partial charge in [0.2, 0.25) is 5.91 Å². The van der Waals surface area contributed by atoms with Crippen molar-refractivity contribution < 1.29 is 9.72 Å². The van der Waals surface area contributed by atoms with Crippen LogP contribution in [0.1, 0.15) is 0 Å². The molecule has 0 unspecified atom stereocenters. The fourth-order valence-electron chi connectivity index (χ4n) is 1.07. The van der Waals surface area contributed by atoms with Crippen molar-refractivity contribution >= 4 is 17.3 Å². The summed E-state index contributed by atoms with van der Waals surface area (Å²) < 4.78 is 0. The number of nitro benzene ring substituents is 1. The monoisotopic (exact) mass is 223 g/mol. The molecule has 0 radical (unpaired) electrons. The molecule has 1 rings (SSSR count). The first kappa shape index (κ1) is 12.0. The summed E-state index contributed by atoms with van der Waals surface area (Å²) in [5.41, 5.74) is 0.562. The van der Waals surface area contributed by atoms with Crippen molar-refractivity contribution in [3.63, 3.8) is 0 Å². The van der Waals surface area contributed by atoms with Crippen LogP contribution in [0.5, 0.6) is 0 Å². The van der Waals surface area contributed by atoms with E-state index in [4.69, 9.17) is 0 Å². The topological polar surface area (TPSA) is 75.5 Å². The molecule has 86 valence electrons. The lowest BCUT2D eigenvalue weighted by molar-refractivity contribution is -0.384. The third-order valence-corrected chi connectivity index (χ3v) is 2.00. The minimum absolute atomic E-state index is 0.00213. The van der Waals surface area contributed by atoms with Crippen LogP contribution in [0.25, 0.3) is 0 Å². The Kier molecular flexibility index (Phi) is 3.82. The number of carbonyl (C=O) groups excluding carboxylic acids is 1. The molecule has 1 amide bonds. The molecule has 0 saturated carbocycles. The van der Waals surface area contributed by atoms with Crippen LogP contribution in [-0.2, 0) is 4.79 Å². The van der Waals surface area contributed by atoms with Crippen LogP contribution in [0.2, 0.25) is 0 Å². The Morgan fingerprint density at radius 2 is 2.19 bits per heavy atom. The number of hydrogen-bond donors (Lipinski definition) is 1. The maximum atomic E-state index is 11.3. The van der Waals surface area contributed by atoms with Crippen molar-refractivity contribution in [2.45, 2.75) is 0 Å². The summed E-state index contributed by atoms with van der Waals surface area (Å²) in [6, 6.07) is 6.04. The largest absolute Gasteiger partial charge is 0.376 e. The van der Waals surface area contributed by atoms with Crippen LogP contribution in [0.3, 0.4) is 0 Å². The molecule has 0 aromatic heterocycles. The van der Waals surface area contributed by atoms with Crippen LogP contribution in [-0.4, -0.2) is 36.4 Å². The maximum absolute atomic E-state index is 11.3. The number of nitrogens with zero attached hydrogens (tertiary/aromatic N) is 2. The molecule has 0 aliphatic rings. The standard InChI is InChI=1S/C10H13N3O3/c1-12(2)10(14)7-11-8-4-3-5-9(6-8)13(15)16/h3-6,11H,7H2,1-2H3. The zero-order chi connectivity index (χ0) is 12.1. The number of carbonyl (C=O) groups is 1. The summed E-state index contributed by atoms with van der Waals surface area (Å²) in [6.07, 6.45) is 0. The smallest absolute Gasteiger partial charge is 0.271 e. The maximum Gasteiger partial charge on any atom is 0.271 e. The van der Waals surface area contributed by atoms with E-state index in [1.54, 1.807) is 26.2 Å². The summed E-state index contributed by atoms with van der Waals surface area (Å²) in [5.74, 6) is -0.0912. The number of nitro groups is 1. The van der Waals surface area contributed by atoms with E-state index >= 15 is 0 Å². The molecule has 0 spiro atoms. The predicted octanol–water partition coefficient (Wildman–Crippen LogP) is 1.09. The first-order valence-electron chi connectivity index (χ1n) is 4.69. The second-order valence-electron chi connectivity index (χ2n) is 3.45. The van der Waals surface area contributed by atoms with Gasteiger partial charge in [-0.2, -0.15) is 0 Å². The van der Waals surface area contributed by atoms with Gasteiger partial charge in [0.05, 0.1) is 11.5 Å². The molecule has 0 atom stereocenters. The Morgan fingerprint density at radius 1 is 1.50 bits per heavy atom. The molecule has 16 heavy (non-hydrogen) atoms. The summed E-state index contributed by atoms with van der Waals surface area (Å²) in [6.45, 7) is 0.119. The van der Waals surface area contributed by atoms with Gasteiger partial charge in [-0.15, -0.1) is 0 Å². The fourth-order valence-corrected chi connectivity index (χ4v) is 1.07. The zero-order valence-corrected chi connectivity index (χ0v) is 9.14. The molecule has 1 aromatic rings. The minimum atomic E-state index is -0.473. The lowest BCUT2D eigenvalue weighted by Gasteiger charge is -2.11. The van der Waals surface area contributed by atoms with Crippen molar-refractivity contribution in [3.05, 3.63) is 34.4 Å². The summed E-state index contributed by atoms with van der Waals surface area (Å²) in [7, 11) is 3.30. The summed E-state index contributed by atoms with van der Waals surface area (Å²) >= 11 is 0. The molecule has 1 aromatic carbocycles. The molecule has 1 N–H and O–H groups in total. The van der Waals surface area contributed by atoms with Gasteiger partial charge >= 0.3 is 0 Å². The van der Waals surface area contributed by atoms with Gasteiger partial charge in [0.15, 0.2) is 0 Å². The molecule has 6 heteroatoms. The lowest BCUT2D eigenvalue weighted by atomic mass is 10.3.